The number of hydrogen-bond acceptors (Lipinski definition) is 5. The minimum absolute atomic E-state index is 0.0596. The third-order valence-electron chi connectivity index (χ3n) is 3.07. The number of rotatable bonds is 4. The molecule has 0 aliphatic heterocycles. The number of tetrazole rings is 1. The summed E-state index contributed by atoms with van der Waals surface area (Å²) in [6.07, 6.45) is 3.02. The molecule has 1 amide bonds. The van der Waals surface area contributed by atoms with E-state index in [0.717, 1.165) is 8.66 Å². The molecule has 2 heterocycles. The predicted molar refractivity (Wildman–Crippen MR) is 93.5 cm³/mol. The maximum Gasteiger partial charge on any atom is 0.248 e. The van der Waals surface area contributed by atoms with Crippen LogP contribution in [-0.2, 0) is 4.79 Å². The molecule has 0 fully saturated rings. The second-order valence-electron chi connectivity index (χ2n) is 4.77. The van der Waals surface area contributed by atoms with Crippen LogP contribution in [0.3, 0.4) is 0 Å². The fourth-order valence-electron chi connectivity index (χ4n) is 1.96. The second-order valence-corrected chi connectivity index (χ2v) is 7.26. The van der Waals surface area contributed by atoms with Crippen LogP contribution >= 0.6 is 27.3 Å². The van der Waals surface area contributed by atoms with Gasteiger partial charge in [-0.2, -0.15) is 4.68 Å². The largest absolute Gasteiger partial charge is 0.320 e. The number of nitrogens with one attached hydrogen (secondary N) is 1. The number of carbonyl (C=O) groups is 1. The van der Waals surface area contributed by atoms with Crippen LogP contribution in [0.1, 0.15) is 10.7 Å². The van der Waals surface area contributed by atoms with Crippen molar-refractivity contribution in [1.29, 1.82) is 0 Å². The van der Waals surface area contributed by atoms with Crippen LogP contribution in [0.5, 0.6) is 0 Å². The van der Waals surface area contributed by atoms with Crippen molar-refractivity contribution in [3.63, 3.8) is 0 Å². The Labute approximate surface area is 149 Å². The van der Waals surface area contributed by atoms with E-state index >= 15 is 0 Å². The van der Waals surface area contributed by atoms with Crippen molar-refractivity contribution < 1.29 is 9.18 Å². The molecule has 0 unspecified atom stereocenters. The molecule has 1 N–H and O–H groups in total. The van der Waals surface area contributed by atoms with E-state index in [2.05, 4.69) is 36.8 Å². The van der Waals surface area contributed by atoms with E-state index in [1.807, 2.05) is 12.1 Å². The fraction of sp³-hybridized carbons (Fsp3) is 0.0667. The van der Waals surface area contributed by atoms with Gasteiger partial charge >= 0.3 is 0 Å². The van der Waals surface area contributed by atoms with Crippen LogP contribution in [0.15, 0.2) is 40.2 Å². The highest BCUT2D eigenvalue weighted by atomic mass is 79.9. The highest BCUT2D eigenvalue weighted by Gasteiger charge is 2.10. The maximum absolute atomic E-state index is 13.9. The monoisotopic (exact) mass is 407 g/mol. The Morgan fingerprint density at radius 1 is 1.38 bits per heavy atom. The Balaban J connectivity index is 1.78. The zero-order chi connectivity index (χ0) is 17.1. The predicted octanol–water partition coefficient (Wildman–Crippen LogP) is 3.59. The molecule has 6 nitrogen and oxygen atoms in total. The summed E-state index contributed by atoms with van der Waals surface area (Å²) in [6.45, 7) is 1.73. The quantitative estimate of drug-likeness (QED) is 0.670. The molecule has 2 aromatic heterocycles. The summed E-state index contributed by atoms with van der Waals surface area (Å²) < 4.78 is 16.4. The number of aromatic nitrogens is 4. The number of hydrogen-bond donors (Lipinski definition) is 1. The molecule has 0 saturated heterocycles. The van der Waals surface area contributed by atoms with Crippen molar-refractivity contribution in [2.75, 3.05) is 5.32 Å². The summed E-state index contributed by atoms with van der Waals surface area (Å²) in [5.41, 5.74) is 0.616. The van der Waals surface area contributed by atoms with Gasteiger partial charge < -0.3 is 5.32 Å². The van der Waals surface area contributed by atoms with E-state index in [9.17, 15) is 9.18 Å². The molecule has 0 aliphatic rings. The lowest BCUT2D eigenvalue weighted by Crippen LogP contribution is -2.10. The summed E-state index contributed by atoms with van der Waals surface area (Å²) in [6, 6.07) is 8.03. The summed E-state index contributed by atoms with van der Waals surface area (Å²) in [7, 11) is 0. The van der Waals surface area contributed by atoms with Crippen LogP contribution in [0, 0.1) is 12.7 Å². The molecule has 0 bridgehead atoms. The molecule has 0 atom stereocenters. The van der Waals surface area contributed by atoms with Gasteiger partial charge in [-0.15, -0.1) is 16.4 Å². The lowest BCUT2D eigenvalue weighted by molar-refractivity contribution is -0.111. The van der Waals surface area contributed by atoms with Crippen molar-refractivity contribution >= 4 is 44.9 Å². The third-order valence-corrected chi connectivity index (χ3v) is 4.66. The van der Waals surface area contributed by atoms with Gasteiger partial charge in [0.05, 0.1) is 15.2 Å². The molecule has 3 aromatic rings. The zero-order valence-electron chi connectivity index (χ0n) is 12.4. The van der Waals surface area contributed by atoms with Crippen molar-refractivity contribution in [2.45, 2.75) is 6.92 Å². The van der Waals surface area contributed by atoms with Gasteiger partial charge in [0.1, 0.15) is 5.82 Å². The van der Waals surface area contributed by atoms with E-state index < -0.39 is 11.7 Å². The number of anilines is 1. The summed E-state index contributed by atoms with van der Waals surface area (Å²) >= 11 is 4.84. The van der Waals surface area contributed by atoms with Crippen molar-refractivity contribution in [2.24, 2.45) is 0 Å². The highest BCUT2D eigenvalue weighted by Crippen LogP contribution is 2.23. The molecular weight excluding hydrogens is 397 g/mol. The van der Waals surface area contributed by atoms with Crippen LogP contribution in [-0.4, -0.2) is 26.1 Å². The first-order valence-electron chi connectivity index (χ1n) is 6.82. The Morgan fingerprint density at radius 2 is 2.21 bits per heavy atom. The van der Waals surface area contributed by atoms with E-state index in [-0.39, 0.29) is 5.69 Å². The number of nitrogens with zero attached hydrogens (tertiary/aromatic N) is 4. The Kier molecular flexibility index (Phi) is 4.81. The van der Waals surface area contributed by atoms with Gasteiger partial charge in [0.2, 0.25) is 5.91 Å². The summed E-state index contributed by atoms with van der Waals surface area (Å²) in [5.74, 6) is -0.406. The molecule has 0 spiro atoms. The van der Waals surface area contributed by atoms with Gasteiger partial charge in [0.15, 0.2) is 5.82 Å². The van der Waals surface area contributed by atoms with Gasteiger partial charge in [-0.25, -0.2) is 4.39 Å². The van der Waals surface area contributed by atoms with Crippen LogP contribution in [0.2, 0.25) is 0 Å². The molecular formula is C15H11BrFN5OS. The Hall–Kier alpha value is -2.39. The third kappa shape index (κ3) is 3.74. The summed E-state index contributed by atoms with van der Waals surface area (Å²) in [5, 5.41) is 13.7. The smallest absolute Gasteiger partial charge is 0.248 e. The molecule has 3 rings (SSSR count). The Bertz CT molecular complexity index is 920. The van der Waals surface area contributed by atoms with Gasteiger partial charge in [-0.1, -0.05) is 0 Å². The molecule has 1 aromatic carbocycles. The zero-order valence-corrected chi connectivity index (χ0v) is 14.8. The molecule has 24 heavy (non-hydrogen) atoms. The number of aryl methyl sites for hydroxylation is 1. The first-order valence-corrected chi connectivity index (χ1v) is 8.43. The van der Waals surface area contributed by atoms with Crippen LogP contribution in [0.4, 0.5) is 10.1 Å². The topological polar surface area (TPSA) is 72.7 Å². The van der Waals surface area contributed by atoms with Crippen LogP contribution in [0.25, 0.3) is 11.8 Å². The van der Waals surface area contributed by atoms with E-state index in [4.69, 9.17) is 0 Å². The lowest BCUT2D eigenvalue weighted by Gasteiger charge is -2.07. The van der Waals surface area contributed by atoms with Gasteiger partial charge in [-0.3, -0.25) is 4.79 Å². The van der Waals surface area contributed by atoms with Gasteiger partial charge in [0.25, 0.3) is 0 Å². The number of amides is 1. The molecule has 0 radical (unpaired) electrons. The number of benzene rings is 1. The molecule has 0 aliphatic carbocycles. The second kappa shape index (κ2) is 7.02. The van der Waals surface area contributed by atoms with Crippen molar-refractivity contribution in [3.05, 3.63) is 56.7 Å². The standard InChI is InChI=1S/C15H11BrFN5OS/c1-9-19-20-21-22(9)10-2-5-12(17)13(8-10)18-15(23)7-4-11-3-6-14(16)24-11/h2-8H,1H3,(H,18,23)/b7-4+. The first kappa shape index (κ1) is 16.5. The average Bonchev–Trinajstić information content (AvgIpc) is 3.16. The van der Waals surface area contributed by atoms with Crippen molar-refractivity contribution in [1.82, 2.24) is 20.2 Å². The molecule has 0 saturated carbocycles. The van der Waals surface area contributed by atoms with E-state index in [1.54, 1.807) is 13.0 Å². The minimum Gasteiger partial charge on any atom is -0.320 e. The van der Waals surface area contributed by atoms with Crippen LogP contribution < -0.4 is 5.32 Å². The van der Waals surface area contributed by atoms with Gasteiger partial charge in [0, 0.05) is 11.0 Å². The molecule has 122 valence electrons. The molecule has 9 heteroatoms. The maximum atomic E-state index is 13.9. The Morgan fingerprint density at radius 3 is 2.88 bits per heavy atom. The summed E-state index contributed by atoms with van der Waals surface area (Å²) in [4.78, 5) is 12.9. The number of thiophene rings is 1. The highest BCUT2D eigenvalue weighted by molar-refractivity contribution is 9.11. The number of carbonyl (C=O) groups excluding carboxylic acids is 1. The van der Waals surface area contributed by atoms with E-state index in [0.29, 0.717) is 11.5 Å². The first-order chi connectivity index (χ1) is 11.5. The van der Waals surface area contributed by atoms with Gasteiger partial charge in [-0.05, 0) is 69.7 Å². The van der Waals surface area contributed by atoms with Crippen molar-refractivity contribution in [3.8, 4) is 5.69 Å². The lowest BCUT2D eigenvalue weighted by atomic mass is 10.2. The minimum atomic E-state index is -0.537. The normalized spacial score (nSPS) is 11.1. The average molecular weight is 408 g/mol. The fourth-order valence-corrected chi connectivity index (χ4v) is 3.29. The SMILES string of the molecule is Cc1nnnn1-c1ccc(F)c(NC(=O)/C=C/c2ccc(Br)s2)c1. The number of halogens is 2. The van der Waals surface area contributed by atoms with E-state index in [1.165, 1.54) is 40.3 Å².